The highest BCUT2D eigenvalue weighted by Crippen LogP contribution is 2.22. The molecule has 0 fully saturated rings. The molecule has 10 heteroatoms. The van der Waals surface area contributed by atoms with Gasteiger partial charge in [0.05, 0.1) is 30.2 Å². The van der Waals surface area contributed by atoms with E-state index in [0.29, 0.717) is 34.4 Å². The van der Waals surface area contributed by atoms with E-state index in [1.165, 1.54) is 18.7 Å². The molecule has 34 heavy (non-hydrogen) atoms. The second-order valence-corrected chi connectivity index (χ2v) is 7.33. The van der Waals surface area contributed by atoms with E-state index in [0.717, 1.165) is 11.3 Å². The maximum Gasteiger partial charge on any atom is 0.255 e. The lowest BCUT2D eigenvalue weighted by Gasteiger charge is -2.11. The van der Waals surface area contributed by atoms with Crippen LogP contribution in [0.5, 0.6) is 0 Å². The van der Waals surface area contributed by atoms with Crippen LogP contribution in [-0.4, -0.2) is 35.0 Å². The van der Waals surface area contributed by atoms with Crippen molar-refractivity contribution in [3.05, 3.63) is 96.9 Å². The molecule has 0 bridgehead atoms. The van der Waals surface area contributed by atoms with Gasteiger partial charge in [0.25, 0.3) is 5.91 Å². The molecule has 0 spiro atoms. The molecular formula is C24H20N8O2. The molecule has 0 saturated carbocycles. The number of aromatic nitrogens is 6. The Labute approximate surface area is 194 Å². The van der Waals surface area contributed by atoms with E-state index >= 15 is 0 Å². The standard InChI is InChI=1S/C24H20N8O2/c1-3-18(22-17(13-27-31(22)2)23(33)26-14-21-25-10-12-34-21)28-20-9-11-32-15-19(29-24(32)30-20)16-7-5-4-6-8-16/h4-13,15H,1,14H2,2H3,(H,26,33)(H,28,29,30). The fraction of sp³-hybridized carbons (Fsp3) is 0.0833. The summed E-state index contributed by atoms with van der Waals surface area (Å²) in [4.78, 5) is 26.0. The van der Waals surface area contributed by atoms with E-state index in [9.17, 15) is 4.79 Å². The van der Waals surface area contributed by atoms with Crippen molar-refractivity contribution in [1.29, 1.82) is 0 Å². The first-order valence-corrected chi connectivity index (χ1v) is 10.4. The van der Waals surface area contributed by atoms with Crippen LogP contribution in [0.1, 0.15) is 21.9 Å². The van der Waals surface area contributed by atoms with E-state index in [4.69, 9.17) is 4.42 Å². The third-order valence-corrected chi connectivity index (χ3v) is 5.13. The zero-order chi connectivity index (χ0) is 23.5. The second kappa shape index (κ2) is 8.89. The van der Waals surface area contributed by atoms with Gasteiger partial charge in [0.1, 0.15) is 23.5 Å². The van der Waals surface area contributed by atoms with Crippen LogP contribution >= 0.6 is 0 Å². The van der Waals surface area contributed by atoms with Gasteiger partial charge in [-0.15, -0.1) is 5.73 Å². The Morgan fingerprint density at radius 1 is 1.21 bits per heavy atom. The van der Waals surface area contributed by atoms with Gasteiger partial charge in [-0.3, -0.25) is 13.9 Å². The lowest BCUT2D eigenvalue weighted by molar-refractivity contribution is 0.0947. The Morgan fingerprint density at radius 3 is 2.82 bits per heavy atom. The molecule has 2 N–H and O–H groups in total. The molecule has 168 valence electrons. The van der Waals surface area contributed by atoms with Crippen molar-refractivity contribution in [3.63, 3.8) is 0 Å². The summed E-state index contributed by atoms with van der Waals surface area (Å²) >= 11 is 0. The van der Waals surface area contributed by atoms with E-state index < -0.39 is 0 Å². The van der Waals surface area contributed by atoms with E-state index in [2.05, 4.69) is 43.0 Å². The van der Waals surface area contributed by atoms with Crippen LogP contribution in [0.15, 0.2) is 84.2 Å². The van der Waals surface area contributed by atoms with Crippen LogP contribution < -0.4 is 10.6 Å². The smallest absolute Gasteiger partial charge is 0.255 e. The zero-order valence-corrected chi connectivity index (χ0v) is 18.3. The molecule has 4 heterocycles. The maximum absolute atomic E-state index is 12.8. The van der Waals surface area contributed by atoms with Crippen molar-refractivity contribution in [2.45, 2.75) is 6.54 Å². The molecule has 0 atom stereocenters. The van der Waals surface area contributed by atoms with Gasteiger partial charge in [-0.05, 0) is 6.07 Å². The molecular weight excluding hydrogens is 432 g/mol. The minimum absolute atomic E-state index is 0.155. The minimum atomic E-state index is -0.333. The van der Waals surface area contributed by atoms with Gasteiger partial charge in [-0.2, -0.15) is 10.1 Å². The molecule has 10 nitrogen and oxygen atoms in total. The summed E-state index contributed by atoms with van der Waals surface area (Å²) in [6.07, 6.45) is 8.23. The summed E-state index contributed by atoms with van der Waals surface area (Å²) in [5.74, 6) is 1.13. The highest BCUT2D eigenvalue weighted by atomic mass is 16.3. The van der Waals surface area contributed by atoms with Crippen molar-refractivity contribution in [1.82, 2.24) is 34.4 Å². The normalized spacial score (nSPS) is 10.7. The average Bonchev–Trinajstić information content (AvgIpc) is 3.61. The van der Waals surface area contributed by atoms with Gasteiger partial charge in [0, 0.05) is 25.0 Å². The number of carbonyl (C=O) groups excluding carboxylic acids is 1. The number of hydrogen-bond donors (Lipinski definition) is 2. The van der Waals surface area contributed by atoms with Gasteiger partial charge < -0.3 is 15.1 Å². The number of fused-ring (bicyclic) bond motifs is 1. The van der Waals surface area contributed by atoms with E-state index in [1.807, 2.05) is 47.1 Å². The average molecular weight is 452 g/mol. The molecule has 0 unspecified atom stereocenters. The number of nitrogens with one attached hydrogen (secondary N) is 2. The van der Waals surface area contributed by atoms with Crippen LogP contribution in [0.25, 0.3) is 22.7 Å². The quantitative estimate of drug-likeness (QED) is 0.364. The largest absolute Gasteiger partial charge is 0.447 e. The Morgan fingerprint density at radius 2 is 2.06 bits per heavy atom. The molecule has 5 aromatic rings. The predicted octanol–water partition coefficient (Wildman–Crippen LogP) is 3.29. The number of imidazole rings is 1. The van der Waals surface area contributed by atoms with Crippen LogP contribution in [0.3, 0.4) is 0 Å². The second-order valence-electron chi connectivity index (χ2n) is 7.33. The molecule has 5 rings (SSSR count). The Kier molecular flexibility index (Phi) is 5.47. The maximum atomic E-state index is 12.8. The third-order valence-electron chi connectivity index (χ3n) is 5.13. The number of anilines is 1. The first kappa shape index (κ1) is 20.9. The number of nitrogens with zero attached hydrogens (tertiary/aromatic N) is 6. The summed E-state index contributed by atoms with van der Waals surface area (Å²) in [7, 11) is 1.73. The van der Waals surface area contributed by atoms with Gasteiger partial charge in [-0.25, -0.2) is 9.97 Å². The molecule has 0 aliphatic heterocycles. The Hall–Kier alpha value is -4.95. The van der Waals surface area contributed by atoms with Crippen LogP contribution in [0, 0.1) is 0 Å². The molecule has 0 saturated heterocycles. The van der Waals surface area contributed by atoms with E-state index in [1.54, 1.807) is 17.8 Å². The van der Waals surface area contributed by atoms with Crippen molar-refractivity contribution in [2.75, 3.05) is 5.32 Å². The fourth-order valence-electron chi connectivity index (χ4n) is 3.50. The lowest BCUT2D eigenvalue weighted by Crippen LogP contribution is -2.24. The number of aryl methyl sites for hydroxylation is 1. The molecule has 0 aliphatic carbocycles. The lowest BCUT2D eigenvalue weighted by atomic mass is 10.2. The van der Waals surface area contributed by atoms with Crippen molar-refractivity contribution in [2.24, 2.45) is 7.05 Å². The number of hydrogen-bond acceptors (Lipinski definition) is 7. The van der Waals surface area contributed by atoms with Crippen molar-refractivity contribution < 1.29 is 9.21 Å². The van der Waals surface area contributed by atoms with Gasteiger partial charge in [0.15, 0.2) is 0 Å². The minimum Gasteiger partial charge on any atom is -0.447 e. The first-order chi connectivity index (χ1) is 16.6. The Balaban J connectivity index is 1.39. The van der Waals surface area contributed by atoms with Gasteiger partial charge >= 0.3 is 0 Å². The van der Waals surface area contributed by atoms with Gasteiger partial charge in [-0.1, -0.05) is 36.9 Å². The number of benzene rings is 1. The molecule has 4 aromatic heterocycles. The topological polar surface area (TPSA) is 115 Å². The third kappa shape index (κ3) is 4.08. The Bertz CT molecular complexity index is 1510. The summed E-state index contributed by atoms with van der Waals surface area (Å²) in [5, 5.41) is 10.2. The predicted molar refractivity (Wildman–Crippen MR) is 125 cm³/mol. The summed E-state index contributed by atoms with van der Waals surface area (Å²) in [6.45, 7) is 3.93. The van der Waals surface area contributed by atoms with Crippen LogP contribution in [0.2, 0.25) is 0 Å². The van der Waals surface area contributed by atoms with Crippen molar-refractivity contribution >= 4 is 23.2 Å². The van der Waals surface area contributed by atoms with Crippen LogP contribution in [0.4, 0.5) is 5.82 Å². The molecule has 1 aromatic carbocycles. The van der Waals surface area contributed by atoms with E-state index in [-0.39, 0.29) is 12.5 Å². The number of rotatable bonds is 7. The first-order valence-electron chi connectivity index (χ1n) is 10.4. The molecule has 1 amide bonds. The molecule has 0 radical (unpaired) electrons. The number of amides is 1. The van der Waals surface area contributed by atoms with Crippen LogP contribution in [-0.2, 0) is 13.6 Å². The summed E-state index contributed by atoms with van der Waals surface area (Å²) < 4.78 is 8.58. The highest BCUT2D eigenvalue weighted by molar-refractivity contribution is 5.99. The zero-order valence-electron chi connectivity index (χ0n) is 18.3. The number of oxazole rings is 1. The molecule has 0 aliphatic rings. The fourth-order valence-corrected chi connectivity index (χ4v) is 3.50. The van der Waals surface area contributed by atoms with Gasteiger partial charge in [0.2, 0.25) is 11.7 Å². The summed E-state index contributed by atoms with van der Waals surface area (Å²) in [6, 6.07) is 11.7. The van der Waals surface area contributed by atoms with Crippen molar-refractivity contribution in [3.8, 4) is 11.3 Å². The SMILES string of the molecule is C=C=C(Nc1ccn2cc(-c3ccccc3)nc2n1)c1c(C(=O)NCc2ncco2)cnn1C. The summed E-state index contributed by atoms with van der Waals surface area (Å²) in [5.41, 5.74) is 5.99. The monoisotopic (exact) mass is 452 g/mol. The highest BCUT2D eigenvalue weighted by Gasteiger charge is 2.20. The number of carbonyl (C=O) groups is 1.